The lowest BCUT2D eigenvalue weighted by Crippen LogP contribution is -2.52. The third kappa shape index (κ3) is 3.62. The number of phosphoric ester groups is 1. The third-order valence-corrected chi connectivity index (χ3v) is 6.15. The number of rotatable bonds is 5. The highest BCUT2D eigenvalue weighted by Gasteiger charge is 2.59. The number of H-pyrrole nitrogens is 1. The summed E-state index contributed by atoms with van der Waals surface area (Å²) in [4.78, 5) is 25.3. The van der Waals surface area contributed by atoms with E-state index in [1.807, 2.05) is 4.98 Å². The van der Waals surface area contributed by atoms with Gasteiger partial charge in [-0.2, -0.15) is 0 Å². The number of hydrogen-bond donors (Lipinski definition) is 3. The molecule has 0 aliphatic carbocycles. The first-order valence-electron chi connectivity index (χ1n) is 8.86. The molecule has 0 bridgehead atoms. The molecule has 1 unspecified atom stereocenters. The van der Waals surface area contributed by atoms with Gasteiger partial charge in [0.15, 0.2) is 0 Å². The van der Waals surface area contributed by atoms with Crippen LogP contribution in [0.1, 0.15) is 12.0 Å². The van der Waals surface area contributed by atoms with Gasteiger partial charge in [0.1, 0.15) is 18.5 Å². The summed E-state index contributed by atoms with van der Waals surface area (Å²) >= 11 is 0. The molecular formula is C17H18FN2O9P. The molecule has 3 heterocycles. The number of phosphoric acid groups is 1. The first-order chi connectivity index (χ1) is 14.2. The largest absolute Gasteiger partial charge is 0.530 e. The molecule has 0 spiro atoms. The van der Waals surface area contributed by atoms with Crippen LogP contribution in [0.5, 0.6) is 5.75 Å². The molecule has 1 fully saturated rings. The molecule has 2 aromatic rings. The molecule has 4 rings (SSSR count). The highest BCUT2D eigenvalue weighted by Crippen LogP contribution is 2.55. The van der Waals surface area contributed by atoms with Crippen LogP contribution >= 0.6 is 7.82 Å². The van der Waals surface area contributed by atoms with Crippen molar-refractivity contribution in [3.05, 3.63) is 62.9 Å². The molecule has 4 atom stereocenters. The van der Waals surface area contributed by atoms with E-state index >= 15 is 4.39 Å². The Morgan fingerprint density at radius 1 is 1.33 bits per heavy atom. The zero-order valence-corrected chi connectivity index (χ0v) is 16.3. The van der Waals surface area contributed by atoms with Crippen LogP contribution in [0, 0.1) is 0 Å². The van der Waals surface area contributed by atoms with Gasteiger partial charge in [-0.15, -0.1) is 0 Å². The summed E-state index contributed by atoms with van der Waals surface area (Å²) in [6, 6.07) is 7.58. The fraction of sp³-hybridized carbons (Fsp3) is 0.412. The van der Waals surface area contributed by atoms with Gasteiger partial charge in [-0.1, -0.05) is 18.2 Å². The lowest BCUT2D eigenvalue weighted by atomic mass is 10.1. The van der Waals surface area contributed by atoms with Gasteiger partial charge in [0, 0.05) is 24.2 Å². The van der Waals surface area contributed by atoms with Crippen LogP contribution in [0.4, 0.5) is 4.39 Å². The maximum atomic E-state index is 15.3. The molecule has 0 amide bonds. The summed E-state index contributed by atoms with van der Waals surface area (Å²) < 4.78 is 49.3. The van der Waals surface area contributed by atoms with Gasteiger partial charge >= 0.3 is 13.5 Å². The lowest BCUT2D eigenvalue weighted by molar-refractivity contribution is -0.246. The molecule has 30 heavy (non-hydrogen) atoms. The van der Waals surface area contributed by atoms with E-state index in [0.29, 0.717) is 10.1 Å². The Balaban J connectivity index is 1.54. The predicted molar refractivity (Wildman–Crippen MR) is 97.3 cm³/mol. The van der Waals surface area contributed by atoms with Crippen LogP contribution in [0.3, 0.4) is 0 Å². The number of alkyl halides is 1. The number of aliphatic hydroxyl groups is 2. The molecule has 162 valence electrons. The number of ether oxygens (including phenoxy) is 1. The van der Waals surface area contributed by atoms with Crippen molar-refractivity contribution in [2.75, 3.05) is 13.2 Å². The first-order valence-corrected chi connectivity index (χ1v) is 10.3. The minimum atomic E-state index is -4.18. The Labute approximate surface area is 168 Å². The molecule has 13 heteroatoms. The van der Waals surface area contributed by atoms with Gasteiger partial charge < -0.3 is 19.5 Å². The number of nitrogens with one attached hydrogen (secondary N) is 1. The maximum absolute atomic E-state index is 15.3. The summed E-state index contributed by atoms with van der Waals surface area (Å²) in [5.41, 5.74) is -3.35. The van der Waals surface area contributed by atoms with Crippen molar-refractivity contribution >= 4 is 7.82 Å². The second-order valence-electron chi connectivity index (χ2n) is 6.88. The fourth-order valence-electron chi connectivity index (χ4n) is 3.35. The van der Waals surface area contributed by atoms with Gasteiger partial charge in [0.2, 0.25) is 11.6 Å². The highest BCUT2D eigenvalue weighted by molar-refractivity contribution is 7.49. The van der Waals surface area contributed by atoms with E-state index in [0.717, 1.165) is 12.3 Å². The van der Waals surface area contributed by atoms with Crippen LogP contribution < -0.4 is 15.8 Å². The van der Waals surface area contributed by atoms with Gasteiger partial charge in [-0.05, 0) is 6.07 Å². The molecule has 1 aromatic heterocycles. The van der Waals surface area contributed by atoms with Crippen LogP contribution in [-0.4, -0.2) is 44.9 Å². The quantitative estimate of drug-likeness (QED) is 0.556. The molecule has 1 saturated heterocycles. The lowest BCUT2D eigenvalue weighted by Gasteiger charge is -2.32. The fourth-order valence-corrected chi connectivity index (χ4v) is 4.60. The summed E-state index contributed by atoms with van der Waals surface area (Å²) in [6.45, 7) is -2.06. The van der Waals surface area contributed by atoms with Crippen molar-refractivity contribution < 1.29 is 37.5 Å². The number of hydrogen-bond acceptors (Lipinski definition) is 9. The van der Waals surface area contributed by atoms with Crippen molar-refractivity contribution in [1.82, 2.24) is 9.55 Å². The number of para-hydroxylation sites is 1. The predicted octanol–water partition coefficient (Wildman–Crippen LogP) is 0.363. The molecule has 1 aromatic carbocycles. The van der Waals surface area contributed by atoms with Crippen molar-refractivity contribution in [1.29, 1.82) is 0 Å². The van der Waals surface area contributed by atoms with E-state index in [2.05, 4.69) is 0 Å². The highest BCUT2D eigenvalue weighted by atomic mass is 31.2. The van der Waals surface area contributed by atoms with Crippen LogP contribution in [0.15, 0.2) is 46.1 Å². The van der Waals surface area contributed by atoms with E-state index in [9.17, 15) is 24.4 Å². The van der Waals surface area contributed by atoms with E-state index in [1.54, 1.807) is 24.3 Å². The number of halogens is 1. The summed E-state index contributed by atoms with van der Waals surface area (Å²) in [7, 11) is -4.18. The van der Waals surface area contributed by atoms with Crippen molar-refractivity contribution in [2.24, 2.45) is 0 Å². The average molecular weight is 444 g/mol. The monoisotopic (exact) mass is 444 g/mol. The Kier molecular flexibility index (Phi) is 5.17. The number of aromatic amines is 1. The zero-order chi connectivity index (χ0) is 21.6. The van der Waals surface area contributed by atoms with E-state index in [4.69, 9.17) is 18.3 Å². The standard InChI is InChI=1S/C17H18FN2O9P/c18-16(10-27-30(25)26-8-11-3-1-2-4-12(11)28-30)7-13(22)17(9-21,29-16)20-6-5-14(23)19-15(20)24/h1-6,13,21-22H,7-10H2,(H,19,23,24)/t13-,16+,17-,30?/m1/s1. The molecular weight excluding hydrogens is 426 g/mol. The summed E-state index contributed by atoms with van der Waals surface area (Å²) in [5, 5.41) is 20.2. The van der Waals surface area contributed by atoms with E-state index < -0.39 is 56.4 Å². The second-order valence-corrected chi connectivity index (χ2v) is 8.47. The van der Waals surface area contributed by atoms with E-state index in [1.165, 1.54) is 0 Å². The summed E-state index contributed by atoms with van der Waals surface area (Å²) in [5.74, 6) is -2.49. The minimum absolute atomic E-state index is 0.0798. The van der Waals surface area contributed by atoms with Gasteiger partial charge in [0.05, 0.1) is 13.2 Å². The normalized spacial score (nSPS) is 33.1. The molecule has 2 aliphatic rings. The van der Waals surface area contributed by atoms with Crippen LogP contribution in [0.2, 0.25) is 0 Å². The maximum Gasteiger partial charge on any atom is 0.530 e. The summed E-state index contributed by atoms with van der Waals surface area (Å²) in [6.07, 6.45) is -1.47. The SMILES string of the molecule is O=c1ccn([C@]2(CO)O[C@](F)(COP3(=O)OCc4ccccc4O3)C[C@H]2O)c(=O)[nH]1. The van der Waals surface area contributed by atoms with Crippen molar-refractivity contribution in [3.63, 3.8) is 0 Å². The number of benzene rings is 1. The van der Waals surface area contributed by atoms with Crippen LogP contribution in [0.25, 0.3) is 0 Å². The van der Waals surface area contributed by atoms with Gasteiger partial charge in [0.25, 0.3) is 5.56 Å². The molecule has 11 nitrogen and oxygen atoms in total. The molecule has 0 saturated carbocycles. The van der Waals surface area contributed by atoms with E-state index in [-0.39, 0.29) is 12.4 Å². The zero-order valence-electron chi connectivity index (χ0n) is 15.4. The third-order valence-electron chi connectivity index (χ3n) is 4.84. The van der Waals surface area contributed by atoms with Crippen molar-refractivity contribution in [3.8, 4) is 5.75 Å². The topological polar surface area (TPSA) is 149 Å². The van der Waals surface area contributed by atoms with Crippen LogP contribution in [-0.2, 0) is 30.7 Å². The number of aliphatic hydroxyl groups excluding tert-OH is 2. The molecule has 0 radical (unpaired) electrons. The Hall–Kier alpha value is -2.34. The van der Waals surface area contributed by atoms with Crippen molar-refractivity contribution in [2.45, 2.75) is 30.7 Å². The number of fused-ring (bicyclic) bond motifs is 1. The Morgan fingerprint density at radius 3 is 2.83 bits per heavy atom. The smallest absolute Gasteiger partial charge is 0.404 e. The molecule has 3 N–H and O–H groups in total. The number of aromatic nitrogens is 2. The Bertz CT molecular complexity index is 1120. The Morgan fingerprint density at radius 2 is 2.10 bits per heavy atom. The van der Waals surface area contributed by atoms with Gasteiger partial charge in [-0.3, -0.25) is 23.4 Å². The average Bonchev–Trinajstić information content (AvgIpc) is 2.98. The van der Waals surface area contributed by atoms with Gasteiger partial charge in [-0.25, -0.2) is 13.8 Å². The minimum Gasteiger partial charge on any atom is -0.404 e. The number of nitrogens with zero attached hydrogens (tertiary/aromatic N) is 1. The molecule has 2 aliphatic heterocycles. The first kappa shape index (κ1) is 20.9. The second kappa shape index (κ2) is 7.41.